The van der Waals surface area contributed by atoms with Gasteiger partial charge in [-0.3, -0.25) is 9.58 Å². The molecule has 1 aromatic heterocycles. The lowest BCUT2D eigenvalue weighted by Crippen LogP contribution is -2.42. The predicted molar refractivity (Wildman–Crippen MR) is 72.8 cm³/mol. The highest BCUT2D eigenvalue weighted by Gasteiger charge is 2.20. The molecule has 1 aromatic rings. The standard InChI is InChI=1S/C12H21BrN4/c1-3-10-12(13)11(16(2)15-10)8-17-6-4-5-9(14)7-17/h9H,3-8,14H2,1-2H3. The molecule has 0 radical (unpaired) electrons. The fraction of sp³-hybridized carbons (Fsp3) is 0.750. The molecular formula is C12H21BrN4. The Morgan fingerprint density at radius 2 is 2.29 bits per heavy atom. The van der Waals surface area contributed by atoms with E-state index in [4.69, 9.17) is 5.73 Å². The van der Waals surface area contributed by atoms with E-state index in [1.54, 1.807) is 0 Å². The van der Waals surface area contributed by atoms with Crippen LogP contribution in [0.4, 0.5) is 0 Å². The van der Waals surface area contributed by atoms with Crippen LogP contribution in [0.1, 0.15) is 31.2 Å². The Kier molecular flexibility index (Phi) is 4.22. The maximum atomic E-state index is 6.01. The number of hydrogen-bond donors (Lipinski definition) is 1. The van der Waals surface area contributed by atoms with Gasteiger partial charge in [-0.05, 0) is 41.7 Å². The first-order valence-electron chi connectivity index (χ1n) is 6.30. The Labute approximate surface area is 111 Å². The number of aryl methyl sites for hydroxylation is 2. The van der Waals surface area contributed by atoms with Crippen LogP contribution in [0.15, 0.2) is 4.47 Å². The summed E-state index contributed by atoms with van der Waals surface area (Å²) < 4.78 is 3.16. The average molecular weight is 301 g/mol. The number of nitrogens with zero attached hydrogens (tertiary/aromatic N) is 3. The molecule has 17 heavy (non-hydrogen) atoms. The van der Waals surface area contributed by atoms with Crippen molar-refractivity contribution in [3.05, 3.63) is 15.9 Å². The van der Waals surface area contributed by atoms with Crippen LogP contribution in [-0.2, 0) is 20.0 Å². The zero-order chi connectivity index (χ0) is 12.4. The Bertz CT molecular complexity index is 388. The third kappa shape index (κ3) is 2.89. The summed E-state index contributed by atoms with van der Waals surface area (Å²) in [6.07, 6.45) is 3.33. The Hall–Kier alpha value is -0.390. The second kappa shape index (κ2) is 5.50. The summed E-state index contributed by atoms with van der Waals surface area (Å²) in [5.41, 5.74) is 8.41. The zero-order valence-electron chi connectivity index (χ0n) is 10.6. The maximum Gasteiger partial charge on any atom is 0.0767 e. The number of nitrogens with two attached hydrogens (primary N) is 1. The minimum Gasteiger partial charge on any atom is -0.327 e. The van der Waals surface area contributed by atoms with Gasteiger partial charge in [-0.15, -0.1) is 0 Å². The average Bonchev–Trinajstić information content (AvgIpc) is 2.56. The topological polar surface area (TPSA) is 47.1 Å². The van der Waals surface area contributed by atoms with Crippen molar-refractivity contribution in [3.8, 4) is 0 Å². The number of rotatable bonds is 3. The van der Waals surface area contributed by atoms with Crippen LogP contribution in [0.3, 0.4) is 0 Å². The van der Waals surface area contributed by atoms with E-state index in [2.05, 4.69) is 32.9 Å². The third-order valence-corrected chi connectivity index (χ3v) is 4.33. The number of likely N-dealkylation sites (tertiary alicyclic amines) is 1. The highest BCUT2D eigenvalue weighted by atomic mass is 79.9. The molecule has 1 aliphatic heterocycles. The molecule has 0 amide bonds. The van der Waals surface area contributed by atoms with E-state index in [1.807, 2.05) is 11.7 Å². The molecule has 1 fully saturated rings. The van der Waals surface area contributed by atoms with E-state index in [9.17, 15) is 0 Å². The van der Waals surface area contributed by atoms with Crippen LogP contribution in [0.2, 0.25) is 0 Å². The first kappa shape index (κ1) is 13.1. The normalized spacial score (nSPS) is 22.0. The highest BCUT2D eigenvalue weighted by Crippen LogP contribution is 2.23. The van der Waals surface area contributed by atoms with E-state index in [0.29, 0.717) is 6.04 Å². The lowest BCUT2D eigenvalue weighted by molar-refractivity contribution is 0.197. The summed E-state index contributed by atoms with van der Waals surface area (Å²) in [4.78, 5) is 2.43. The molecule has 4 nitrogen and oxygen atoms in total. The molecule has 2 rings (SSSR count). The molecule has 0 aliphatic carbocycles. The molecule has 0 saturated carbocycles. The zero-order valence-corrected chi connectivity index (χ0v) is 12.2. The molecule has 2 N–H and O–H groups in total. The number of halogens is 1. The van der Waals surface area contributed by atoms with Crippen molar-refractivity contribution in [1.82, 2.24) is 14.7 Å². The molecule has 1 saturated heterocycles. The Morgan fingerprint density at radius 3 is 2.88 bits per heavy atom. The van der Waals surface area contributed by atoms with Gasteiger partial charge in [0.1, 0.15) is 0 Å². The summed E-state index contributed by atoms with van der Waals surface area (Å²) in [6.45, 7) is 5.22. The second-order valence-corrected chi connectivity index (χ2v) is 5.61. The van der Waals surface area contributed by atoms with Crippen molar-refractivity contribution < 1.29 is 0 Å². The SMILES string of the molecule is CCc1nn(C)c(CN2CCCC(N)C2)c1Br. The van der Waals surface area contributed by atoms with Gasteiger partial charge in [0.25, 0.3) is 0 Å². The van der Waals surface area contributed by atoms with Gasteiger partial charge in [0.2, 0.25) is 0 Å². The second-order valence-electron chi connectivity index (χ2n) is 4.82. The van der Waals surface area contributed by atoms with Crippen LogP contribution < -0.4 is 5.73 Å². The number of hydrogen-bond acceptors (Lipinski definition) is 3. The Balaban J connectivity index is 2.10. The molecule has 1 atom stereocenters. The monoisotopic (exact) mass is 300 g/mol. The number of piperidine rings is 1. The van der Waals surface area contributed by atoms with Crippen LogP contribution >= 0.6 is 15.9 Å². The smallest absolute Gasteiger partial charge is 0.0767 e. The van der Waals surface area contributed by atoms with Crippen molar-refractivity contribution in [2.24, 2.45) is 12.8 Å². The van der Waals surface area contributed by atoms with Gasteiger partial charge < -0.3 is 5.73 Å². The molecule has 1 unspecified atom stereocenters. The minimum absolute atomic E-state index is 0.335. The molecule has 0 spiro atoms. The first-order valence-corrected chi connectivity index (χ1v) is 7.09. The molecule has 1 aliphatic rings. The highest BCUT2D eigenvalue weighted by molar-refractivity contribution is 9.10. The van der Waals surface area contributed by atoms with E-state index in [-0.39, 0.29) is 0 Å². The summed E-state index contributed by atoms with van der Waals surface area (Å²) in [6, 6.07) is 0.335. The Morgan fingerprint density at radius 1 is 1.53 bits per heavy atom. The molecule has 0 aromatic carbocycles. The van der Waals surface area contributed by atoms with Gasteiger partial charge in [-0.1, -0.05) is 6.92 Å². The number of aromatic nitrogens is 2. The fourth-order valence-corrected chi connectivity index (χ4v) is 3.18. The maximum absolute atomic E-state index is 6.01. The minimum atomic E-state index is 0.335. The van der Waals surface area contributed by atoms with Gasteiger partial charge in [0.15, 0.2) is 0 Å². The largest absolute Gasteiger partial charge is 0.327 e. The molecular weight excluding hydrogens is 280 g/mol. The van der Waals surface area contributed by atoms with Gasteiger partial charge in [-0.25, -0.2) is 0 Å². The molecule has 2 heterocycles. The molecule has 96 valence electrons. The van der Waals surface area contributed by atoms with E-state index < -0.39 is 0 Å². The lowest BCUT2D eigenvalue weighted by Gasteiger charge is -2.30. The molecule has 0 bridgehead atoms. The van der Waals surface area contributed by atoms with Gasteiger partial charge in [0.05, 0.1) is 15.9 Å². The van der Waals surface area contributed by atoms with Crippen LogP contribution in [-0.4, -0.2) is 33.8 Å². The summed E-state index contributed by atoms with van der Waals surface area (Å²) in [5.74, 6) is 0. The van der Waals surface area contributed by atoms with Crippen molar-refractivity contribution in [2.45, 2.75) is 38.8 Å². The van der Waals surface area contributed by atoms with Crippen LogP contribution in [0.25, 0.3) is 0 Å². The van der Waals surface area contributed by atoms with Crippen molar-refractivity contribution in [2.75, 3.05) is 13.1 Å². The van der Waals surface area contributed by atoms with Gasteiger partial charge in [-0.2, -0.15) is 5.10 Å². The van der Waals surface area contributed by atoms with E-state index in [0.717, 1.165) is 38.2 Å². The summed E-state index contributed by atoms with van der Waals surface area (Å²) in [5, 5.41) is 4.53. The summed E-state index contributed by atoms with van der Waals surface area (Å²) in [7, 11) is 2.02. The quantitative estimate of drug-likeness (QED) is 0.924. The third-order valence-electron chi connectivity index (χ3n) is 3.42. The molecule has 5 heteroatoms. The van der Waals surface area contributed by atoms with Crippen LogP contribution in [0, 0.1) is 0 Å². The van der Waals surface area contributed by atoms with Gasteiger partial charge in [0, 0.05) is 26.2 Å². The van der Waals surface area contributed by atoms with Crippen molar-refractivity contribution >= 4 is 15.9 Å². The summed E-state index contributed by atoms with van der Waals surface area (Å²) >= 11 is 3.66. The van der Waals surface area contributed by atoms with E-state index >= 15 is 0 Å². The van der Waals surface area contributed by atoms with Crippen LogP contribution in [0.5, 0.6) is 0 Å². The lowest BCUT2D eigenvalue weighted by atomic mass is 10.1. The van der Waals surface area contributed by atoms with E-state index in [1.165, 1.54) is 16.6 Å². The van der Waals surface area contributed by atoms with Gasteiger partial charge >= 0.3 is 0 Å². The predicted octanol–water partition coefficient (Wildman–Crippen LogP) is 1.67. The fourth-order valence-electron chi connectivity index (χ4n) is 2.44. The van der Waals surface area contributed by atoms with Crippen molar-refractivity contribution in [3.63, 3.8) is 0 Å². The van der Waals surface area contributed by atoms with Crippen molar-refractivity contribution in [1.29, 1.82) is 0 Å². The first-order chi connectivity index (χ1) is 8.11.